The summed E-state index contributed by atoms with van der Waals surface area (Å²) in [6, 6.07) is 21.8. The molecule has 0 unspecified atom stereocenters. The minimum Gasteiger partial charge on any atom is -0.399 e. The average Bonchev–Trinajstić information content (AvgIpc) is 2.81. The zero-order chi connectivity index (χ0) is 22.5. The molecule has 4 rings (SSSR count). The third-order valence-corrected chi connectivity index (χ3v) is 6.84. The van der Waals surface area contributed by atoms with E-state index in [9.17, 15) is 15.3 Å². The number of nitrogens with two attached hydrogens (primary N) is 1. The van der Waals surface area contributed by atoms with Crippen molar-refractivity contribution >= 4 is 28.2 Å². The maximum Gasteiger partial charge on any atom is 0.136 e. The monoisotopic (exact) mass is 455 g/mol. The van der Waals surface area contributed by atoms with Crippen molar-refractivity contribution in [3.8, 4) is 0 Å². The van der Waals surface area contributed by atoms with Crippen LogP contribution in [0, 0.1) is 0 Å². The van der Waals surface area contributed by atoms with Gasteiger partial charge in [0.05, 0.1) is 6.61 Å². The van der Waals surface area contributed by atoms with Crippen LogP contribution in [-0.4, -0.2) is 58.4 Å². The Bertz CT molecular complexity index is 1010. The minimum atomic E-state index is -1.11. The number of hydrogen-bond donors (Lipinski definition) is 4. The average molecular weight is 456 g/mol. The molecule has 1 aliphatic heterocycles. The molecule has 5 N–H and O–H groups in total. The first-order chi connectivity index (χ1) is 15.5. The van der Waals surface area contributed by atoms with Gasteiger partial charge in [-0.25, -0.2) is 0 Å². The third-order valence-electron chi connectivity index (χ3n) is 5.69. The molecule has 0 aromatic heterocycles. The summed E-state index contributed by atoms with van der Waals surface area (Å²) in [7, 11) is 0. The van der Waals surface area contributed by atoms with Crippen molar-refractivity contribution in [2.24, 2.45) is 0 Å². The molecule has 0 spiro atoms. The van der Waals surface area contributed by atoms with Crippen LogP contribution in [0.4, 0.5) is 5.69 Å². The van der Waals surface area contributed by atoms with Crippen LogP contribution in [0.15, 0.2) is 71.6 Å². The van der Waals surface area contributed by atoms with Crippen LogP contribution >= 0.6 is 11.8 Å². The van der Waals surface area contributed by atoms with Crippen LogP contribution in [0.3, 0.4) is 0 Å². The van der Waals surface area contributed by atoms with Crippen molar-refractivity contribution in [2.45, 2.75) is 47.6 Å². The molecule has 6 nitrogen and oxygen atoms in total. The number of hydrogen-bond acceptors (Lipinski definition) is 7. The van der Waals surface area contributed by atoms with Gasteiger partial charge in [0.25, 0.3) is 0 Å². The molecule has 170 valence electrons. The number of ether oxygens (including phenoxy) is 2. The molecule has 32 heavy (non-hydrogen) atoms. The lowest BCUT2D eigenvalue weighted by Gasteiger charge is -2.41. The fourth-order valence-electron chi connectivity index (χ4n) is 3.90. The molecule has 7 heteroatoms. The Balaban J connectivity index is 1.39. The fraction of sp³-hybridized carbons (Fsp3) is 0.360. The molecule has 1 aliphatic rings. The lowest BCUT2D eigenvalue weighted by Crippen LogP contribution is -2.58. The number of fused-ring (bicyclic) bond motifs is 1. The van der Waals surface area contributed by atoms with Gasteiger partial charge in [-0.05, 0) is 53.4 Å². The maximum absolute atomic E-state index is 10.9. The second-order valence-corrected chi connectivity index (χ2v) is 9.19. The molecule has 0 amide bonds. The summed E-state index contributed by atoms with van der Waals surface area (Å²) in [4.78, 5) is 0.933. The second kappa shape index (κ2) is 10.7. The van der Waals surface area contributed by atoms with Gasteiger partial charge in [-0.3, -0.25) is 0 Å². The number of thioether (sulfide) groups is 1. The maximum atomic E-state index is 10.9. The van der Waals surface area contributed by atoms with Crippen molar-refractivity contribution < 1.29 is 24.8 Å². The topological polar surface area (TPSA) is 105 Å². The lowest BCUT2D eigenvalue weighted by atomic mass is 10.00. The van der Waals surface area contributed by atoms with Gasteiger partial charge in [-0.2, -0.15) is 0 Å². The smallest absolute Gasteiger partial charge is 0.136 e. The van der Waals surface area contributed by atoms with Crippen molar-refractivity contribution in [1.29, 1.82) is 0 Å². The predicted molar refractivity (Wildman–Crippen MR) is 126 cm³/mol. The summed E-state index contributed by atoms with van der Waals surface area (Å²) >= 11 is 1.36. The first kappa shape index (κ1) is 23.0. The normalized spacial score (nSPS) is 25.8. The Morgan fingerprint density at radius 3 is 2.44 bits per heavy atom. The van der Waals surface area contributed by atoms with Crippen LogP contribution in [0.2, 0.25) is 0 Å². The molecular formula is C25H29NO5S. The summed E-state index contributed by atoms with van der Waals surface area (Å²) < 4.78 is 11.7. The molecule has 0 saturated carbocycles. The summed E-state index contributed by atoms with van der Waals surface area (Å²) in [6.07, 6.45) is -2.29. The van der Waals surface area contributed by atoms with E-state index in [1.807, 2.05) is 66.7 Å². The Hall–Kier alpha value is -2.13. The van der Waals surface area contributed by atoms with E-state index < -0.39 is 29.9 Å². The number of aliphatic hydroxyl groups is 3. The summed E-state index contributed by atoms with van der Waals surface area (Å²) in [5, 5.41) is 33.4. The molecule has 0 aliphatic carbocycles. The fourth-order valence-corrected chi connectivity index (χ4v) is 5.00. The molecular weight excluding hydrogens is 426 g/mol. The van der Waals surface area contributed by atoms with Crippen molar-refractivity contribution in [1.82, 2.24) is 0 Å². The van der Waals surface area contributed by atoms with Crippen molar-refractivity contribution in [3.05, 3.63) is 72.3 Å². The minimum absolute atomic E-state index is 0.353. The van der Waals surface area contributed by atoms with Gasteiger partial charge < -0.3 is 30.5 Å². The molecule has 0 bridgehead atoms. The van der Waals surface area contributed by atoms with E-state index >= 15 is 0 Å². The third kappa shape index (κ3) is 5.43. The second-order valence-electron chi connectivity index (χ2n) is 8.01. The summed E-state index contributed by atoms with van der Waals surface area (Å²) in [5.74, 6) is 0. The number of benzene rings is 3. The lowest BCUT2D eigenvalue weighted by molar-refractivity contribution is -0.220. The largest absolute Gasteiger partial charge is 0.399 e. The SMILES string of the molecule is Nc1ccc(CCCO[C@H]2[C@@H](O)[C@@H](CO)O[C@@H](Sc3ccc4ccccc4c3)[C@@H]2O)cc1. The van der Waals surface area contributed by atoms with Gasteiger partial charge in [0.2, 0.25) is 0 Å². The van der Waals surface area contributed by atoms with E-state index in [2.05, 4.69) is 0 Å². The van der Waals surface area contributed by atoms with Crippen LogP contribution in [0.1, 0.15) is 12.0 Å². The summed E-state index contributed by atoms with van der Waals surface area (Å²) in [5.41, 5.74) is 6.92. The van der Waals surface area contributed by atoms with Gasteiger partial charge in [0, 0.05) is 17.2 Å². The Morgan fingerprint density at radius 1 is 0.938 bits per heavy atom. The van der Waals surface area contributed by atoms with Gasteiger partial charge >= 0.3 is 0 Å². The van der Waals surface area contributed by atoms with Gasteiger partial charge in [0.1, 0.15) is 29.9 Å². The first-order valence-corrected chi connectivity index (χ1v) is 11.7. The Kier molecular flexibility index (Phi) is 7.67. The molecule has 5 atom stereocenters. The quantitative estimate of drug-likeness (QED) is 0.306. The zero-order valence-corrected chi connectivity index (χ0v) is 18.5. The standard InChI is InChI=1S/C25H29NO5S/c26-19-10-7-16(8-11-19)4-3-13-30-24-22(28)21(15-27)31-25(23(24)29)32-20-12-9-17-5-1-2-6-18(17)14-20/h1-2,5-12,14,21-25,27-29H,3-4,13,15,26H2/t21-,22+,23-,24+,25+/m1/s1. The van der Waals surface area contributed by atoms with Crippen LogP contribution in [0.5, 0.6) is 0 Å². The van der Waals surface area contributed by atoms with Gasteiger partial charge in [-0.1, -0.05) is 54.2 Å². The van der Waals surface area contributed by atoms with Crippen LogP contribution in [0.25, 0.3) is 10.8 Å². The van der Waals surface area contributed by atoms with Gasteiger partial charge in [-0.15, -0.1) is 0 Å². The van der Waals surface area contributed by atoms with E-state index in [1.165, 1.54) is 11.8 Å². The van der Waals surface area contributed by atoms with Crippen LogP contribution in [-0.2, 0) is 15.9 Å². The van der Waals surface area contributed by atoms with Crippen molar-refractivity contribution in [2.75, 3.05) is 18.9 Å². The first-order valence-electron chi connectivity index (χ1n) is 10.8. The van der Waals surface area contributed by atoms with Crippen LogP contribution < -0.4 is 5.73 Å². The van der Waals surface area contributed by atoms with Crippen molar-refractivity contribution in [3.63, 3.8) is 0 Å². The van der Waals surface area contributed by atoms with E-state index in [-0.39, 0.29) is 6.61 Å². The highest BCUT2D eigenvalue weighted by molar-refractivity contribution is 7.99. The number of aryl methyl sites for hydroxylation is 1. The number of rotatable bonds is 8. The molecule has 3 aromatic rings. The molecule has 1 heterocycles. The Morgan fingerprint density at radius 2 is 1.69 bits per heavy atom. The summed E-state index contributed by atoms with van der Waals surface area (Å²) in [6.45, 7) is 0.0165. The molecule has 1 saturated heterocycles. The Labute approximate surface area is 192 Å². The van der Waals surface area contributed by atoms with E-state index in [0.29, 0.717) is 6.61 Å². The highest BCUT2D eigenvalue weighted by atomic mass is 32.2. The number of nitrogen functional groups attached to an aromatic ring is 1. The highest BCUT2D eigenvalue weighted by Gasteiger charge is 2.45. The predicted octanol–water partition coefficient (Wildman–Crippen LogP) is 2.97. The highest BCUT2D eigenvalue weighted by Crippen LogP contribution is 2.35. The van der Waals surface area contributed by atoms with E-state index in [0.717, 1.165) is 39.8 Å². The molecule has 1 fully saturated rings. The van der Waals surface area contributed by atoms with E-state index in [4.69, 9.17) is 15.2 Å². The molecule has 0 radical (unpaired) electrons. The van der Waals surface area contributed by atoms with E-state index in [1.54, 1.807) is 0 Å². The van der Waals surface area contributed by atoms with Gasteiger partial charge in [0.15, 0.2) is 0 Å². The number of aliphatic hydroxyl groups excluding tert-OH is 3. The number of anilines is 1. The zero-order valence-electron chi connectivity index (χ0n) is 17.7. The molecule has 3 aromatic carbocycles.